The van der Waals surface area contributed by atoms with Gasteiger partial charge in [0.05, 0.1) is 13.3 Å². The number of fused-ring (bicyclic) bond motifs is 1. The number of nitrogens with zero attached hydrogens (tertiary/aromatic N) is 2. The molecule has 0 atom stereocenters. The summed E-state index contributed by atoms with van der Waals surface area (Å²) in [5.74, 6) is 0.400. The maximum atomic E-state index is 12.8. The van der Waals surface area contributed by atoms with Crippen LogP contribution < -0.4 is 9.47 Å². The van der Waals surface area contributed by atoms with E-state index >= 15 is 0 Å². The second kappa shape index (κ2) is 7.82. The quantitative estimate of drug-likeness (QED) is 0.637. The zero-order valence-corrected chi connectivity index (χ0v) is 14.6. The number of hydrogen-bond donors (Lipinski definition) is 0. The van der Waals surface area contributed by atoms with Gasteiger partial charge in [-0.1, -0.05) is 18.2 Å². The van der Waals surface area contributed by atoms with Gasteiger partial charge < -0.3 is 14.4 Å². The predicted octanol–water partition coefficient (Wildman–Crippen LogP) is 3.42. The Morgan fingerprint density at radius 1 is 1.08 bits per heavy atom. The lowest BCUT2D eigenvalue weighted by Crippen LogP contribution is -2.30. The summed E-state index contributed by atoms with van der Waals surface area (Å²) in [6, 6.07) is 14.5. The lowest BCUT2D eigenvalue weighted by atomic mass is 10.1. The van der Waals surface area contributed by atoms with Gasteiger partial charge in [0.1, 0.15) is 11.5 Å². The molecule has 2 aromatic carbocycles. The van der Waals surface area contributed by atoms with E-state index in [2.05, 4.69) is 4.98 Å². The first-order valence-electron chi connectivity index (χ1n) is 8.10. The van der Waals surface area contributed by atoms with Gasteiger partial charge in [0.15, 0.2) is 6.61 Å². The van der Waals surface area contributed by atoms with E-state index in [-0.39, 0.29) is 12.5 Å². The Labute approximate surface area is 151 Å². The molecule has 1 aromatic heterocycles. The van der Waals surface area contributed by atoms with Gasteiger partial charge in [0.2, 0.25) is 5.95 Å². The van der Waals surface area contributed by atoms with Crippen LogP contribution in [0.4, 0.5) is 4.39 Å². The molecule has 0 bridgehead atoms. The van der Waals surface area contributed by atoms with Crippen LogP contribution in [0, 0.1) is 5.95 Å². The number of ether oxygens (including phenoxy) is 2. The zero-order chi connectivity index (χ0) is 18.5. The fraction of sp³-hybridized carbons (Fsp3) is 0.200. The smallest absolute Gasteiger partial charge is 0.260 e. The minimum Gasteiger partial charge on any atom is -0.497 e. The van der Waals surface area contributed by atoms with Crippen LogP contribution >= 0.6 is 0 Å². The molecule has 0 saturated heterocycles. The summed E-state index contributed by atoms with van der Waals surface area (Å²) in [6.45, 7) is 0.334. The molecule has 0 aliphatic rings. The molecule has 1 heterocycles. The van der Waals surface area contributed by atoms with E-state index in [4.69, 9.17) is 9.47 Å². The highest BCUT2D eigenvalue weighted by Gasteiger charge is 2.11. The number of halogens is 1. The van der Waals surface area contributed by atoms with E-state index in [0.717, 1.165) is 22.1 Å². The van der Waals surface area contributed by atoms with E-state index in [0.29, 0.717) is 12.3 Å². The fourth-order valence-electron chi connectivity index (χ4n) is 2.56. The lowest BCUT2D eigenvalue weighted by molar-refractivity contribution is -0.132. The Morgan fingerprint density at radius 3 is 2.54 bits per heavy atom. The van der Waals surface area contributed by atoms with Gasteiger partial charge in [-0.15, -0.1) is 0 Å². The highest BCUT2D eigenvalue weighted by Crippen LogP contribution is 2.22. The molecule has 0 fully saturated rings. The van der Waals surface area contributed by atoms with Crippen LogP contribution in [0.1, 0.15) is 5.56 Å². The van der Waals surface area contributed by atoms with Gasteiger partial charge in [-0.3, -0.25) is 4.79 Å². The summed E-state index contributed by atoms with van der Waals surface area (Å²) in [7, 11) is 3.35. The molecule has 3 rings (SSSR count). The van der Waals surface area contributed by atoms with Crippen LogP contribution in [0.2, 0.25) is 0 Å². The van der Waals surface area contributed by atoms with Gasteiger partial charge in [-0.2, -0.15) is 4.39 Å². The molecule has 3 aromatic rings. The first-order valence-corrected chi connectivity index (χ1v) is 8.10. The first kappa shape index (κ1) is 17.7. The van der Waals surface area contributed by atoms with E-state index in [1.54, 1.807) is 19.1 Å². The molecule has 0 spiro atoms. The van der Waals surface area contributed by atoms with Crippen molar-refractivity contribution >= 4 is 16.7 Å². The third kappa shape index (κ3) is 4.27. The van der Waals surface area contributed by atoms with E-state index in [9.17, 15) is 9.18 Å². The largest absolute Gasteiger partial charge is 0.497 e. The Bertz CT molecular complexity index is 913. The van der Waals surface area contributed by atoms with E-state index in [1.807, 2.05) is 36.4 Å². The van der Waals surface area contributed by atoms with Crippen molar-refractivity contribution in [1.82, 2.24) is 9.88 Å². The van der Waals surface area contributed by atoms with Gasteiger partial charge in [0.25, 0.3) is 5.91 Å². The number of amides is 1. The average molecular weight is 354 g/mol. The molecule has 0 N–H and O–H groups in total. The van der Waals surface area contributed by atoms with Gasteiger partial charge in [0, 0.05) is 13.6 Å². The average Bonchev–Trinajstić information content (AvgIpc) is 2.66. The van der Waals surface area contributed by atoms with Gasteiger partial charge >= 0.3 is 0 Å². The Kier molecular flexibility index (Phi) is 5.31. The van der Waals surface area contributed by atoms with Crippen molar-refractivity contribution < 1.29 is 18.7 Å². The van der Waals surface area contributed by atoms with Crippen molar-refractivity contribution in [3.8, 4) is 11.5 Å². The second-order valence-electron chi connectivity index (χ2n) is 5.90. The van der Waals surface area contributed by atoms with Crippen molar-refractivity contribution in [1.29, 1.82) is 0 Å². The summed E-state index contributed by atoms with van der Waals surface area (Å²) >= 11 is 0. The second-order valence-corrected chi connectivity index (χ2v) is 5.90. The van der Waals surface area contributed by atoms with Crippen molar-refractivity contribution in [3.63, 3.8) is 0 Å². The van der Waals surface area contributed by atoms with Crippen molar-refractivity contribution in [3.05, 3.63) is 66.2 Å². The summed E-state index contributed by atoms with van der Waals surface area (Å²) in [6.07, 6.45) is 1.25. The van der Waals surface area contributed by atoms with Crippen LogP contribution in [0.25, 0.3) is 10.8 Å². The summed E-state index contributed by atoms with van der Waals surface area (Å²) in [5, 5.41) is 2.16. The zero-order valence-electron chi connectivity index (χ0n) is 14.6. The summed E-state index contributed by atoms with van der Waals surface area (Å²) in [4.78, 5) is 17.3. The van der Waals surface area contributed by atoms with Crippen molar-refractivity contribution in [2.75, 3.05) is 20.8 Å². The molecule has 0 radical (unpaired) electrons. The van der Waals surface area contributed by atoms with E-state index < -0.39 is 5.95 Å². The molecular formula is C20H19FN2O3. The van der Waals surface area contributed by atoms with Crippen LogP contribution in [0.3, 0.4) is 0 Å². The third-order valence-electron chi connectivity index (χ3n) is 4.02. The number of aromatic nitrogens is 1. The predicted molar refractivity (Wildman–Crippen MR) is 96.7 cm³/mol. The molecule has 6 heteroatoms. The molecular weight excluding hydrogens is 335 g/mol. The van der Waals surface area contributed by atoms with Crippen molar-refractivity contribution in [2.45, 2.75) is 6.54 Å². The molecule has 0 aliphatic heterocycles. The number of carbonyl (C=O) groups excluding carboxylic acids is 1. The Morgan fingerprint density at radius 2 is 1.81 bits per heavy atom. The van der Waals surface area contributed by atoms with Crippen LogP contribution in [0.5, 0.6) is 11.5 Å². The lowest BCUT2D eigenvalue weighted by Gasteiger charge is -2.18. The number of benzene rings is 2. The molecule has 134 valence electrons. The molecule has 26 heavy (non-hydrogen) atoms. The summed E-state index contributed by atoms with van der Waals surface area (Å²) in [5.41, 5.74) is 1.02. The monoisotopic (exact) mass is 354 g/mol. The minimum atomic E-state index is -0.588. The highest BCUT2D eigenvalue weighted by molar-refractivity contribution is 5.84. The summed E-state index contributed by atoms with van der Waals surface area (Å²) < 4.78 is 23.3. The highest BCUT2D eigenvalue weighted by atomic mass is 19.1. The number of hydrogen-bond acceptors (Lipinski definition) is 4. The van der Waals surface area contributed by atoms with Crippen LogP contribution in [0.15, 0.2) is 54.7 Å². The van der Waals surface area contributed by atoms with Crippen LogP contribution in [-0.4, -0.2) is 36.6 Å². The maximum absolute atomic E-state index is 12.8. The topological polar surface area (TPSA) is 51.7 Å². The third-order valence-corrected chi connectivity index (χ3v) is 4.02. The first-order chi connectivity index (χ1) is 12.5. The molecule has 0 saturated carbocycles. The Balaban J connectivity index is 1.61. The SMILES string of the molecule is COc1ccc2cc(CN(C)C(=O)COc3ccc(F)nc3)ccc2c1. The number of carbonyl (C=O) groups is 1. The molecule has 1 amide bonds. The number of methoxy groups -OCH3 is 1. The van der Waals surface area contributed by atoms with E-state index in [1.165, 1.54) is 18.3 Å². The van der Waals surface area contributed by atoms with Crippen LogP contribution in [-0.2, 0) is 11.3 Å². The van der Waals surface area contributed by atoms with Crippen molar-refractivity contribution in [2.24, 2.45) is 0 Å². The maximum Gasteiger partial charge on any atom is 0.260 e. The Hall–Kier alpha value is -3.15. The standard InChI is InChI=1S/C20H19FN2O3/c1-23(20(24)13-26-18-7-8-19(21)22-11-18)12-14-3-4-16-10-17(25-2)6-5-15(16)9-14/h3-11H,12-13H2,1-2H3. The van der Waals surface area contributed by atoms with Gasteiger partial charge in [-0.05, 0) is 46.7 Å². The molecule has 0 unspecified atom stereocenters. The van der Waals surface area contributed by atoms with Gasteiger partial charge in [-0.25, -0.2) is 4.98 Å². The number of likely N-dealkylation sites (N-methyl/N-ethyl adjacent to an activating group) is 1. The number of rotatable bonds is 6. The molecule has 0 aliphatic carbocycles. The molecule has 5 nitrogen and oxygen atoms in total. The fourth-order valence-corrected chi connectivity index (χ4v) is 2.56. The normalized spacial score (nSPS) is 10.6. The number of pyridine rings is 1. The minimum absolute atomic E-state index is 0.130.